The number of fused-ring (bicyclic) bond motifs is 1. The monoisotopic (exact) mass is 432 g/mol. The Balaban J connectivity index is 0.000000256. The lowest BCUT2D eigenvalue weighted by Crippen LogP contribution is -2.41. The molecule has 0 aliphatic carbocycles. The Kier molecular flexibility index (Phi) is 8.83. The third-order valence-corrected chi connectivity index (χ3v) is 3.07. The first-order valence-corrected chi connectivity index (χ1v) is 8.34. The van der Waals surface area contributed by atoms with Crippen LogP contribution in [0.5, 0.6) is 0 Å². The van der Waals surface area contributed by atoms with Gasteiger partial charge in [0.25, 0.3) is 5.56 Å². The van der Waals surface area contributed by atoms with Crippen LogP contribution in [-0.4, -0.2) is 76.0 Å². The first kappa shape index (κ1) is 24.5. The summed E-state index contributed by atoms with van der Waals surface area (Å²) in [6, 6.07) is 12.6. The van der Waals surface area contributed by atoms with Crippen molar-refractivity contribution in [1.29, 1.82) is 0 Å². The highest BCUT2D eigenvalue weighted by atomic mass is 19.5. The number of aromatic nitrogens is 4. The van der Waals surface area contributed by atoms with E-state index in [1.165, 1.54) is 10.8 Å². The van der Waals surface area contributed by atoms with Gasteiger partial charge in [0.15, 0.2) is 0 Å². The van der Waals surface area contributed by atoms with Gasteiger partial charge in [-0.25, -0.2) is 9.48 Å². The molecule has 0 saturated carbocycles. The molecule has 0 unspecified atom stereocenters. The first-order chi connectivity index (χ1) is 13.9. The van der Waals surface area contributed by atoms with E-state index in [0.717, 1.165) is 4.85 Å². The Morgan fingerprint density at radius 2 is 1.67 bits per heavy atom. The lowest BCUT2D eigenvalue weighted by atomic mass is 10.3. The minimum Gasteiger partial charge on any atom is -0.418 e. The standard InChI is InChI=1S/C10H16N3O2.C6H5N3O.BF4/c1-11(2)10(12(3)4)15-13-8-6-5-7-9(13)14;10-9-6-4-2-1-3-5(6)7-8-9;2-1(3,4)5/h5-8H,1-4H3;1-4,10H;/q+1;;-1. The Morgan fingerprint density at radius 1 is 1.10 bits per heavy atom. The van der Waals surface area contributed by atoms with Gasteiger partial charge < -0.3 is 22.5 Å². The minimum atomic E-state index is -6.00. The van der Waals surface area contributed by atoms with Crippen molar-refractivity contribution in [3.8, 4) is 0 Å². The molecule has 3 aromatic rings. The molecule has 0 bridgehead atoms. The zero-order chi connectivity index (χ0) is 22.9. The molecule has 164 valence electrons. The summed E-state index contributed by atoms with van der Waals surface area (Å²) >= 11 is 0. The van der Waals surface area contributed by atoms with Gasteiger partial charge in [-0.2, -0.15) is 0 Å². The van der Waals surface area contributed by atoms with Crippen molar-refractivity contribution in [2.75, 3.05) is 28.2 Å². The van der Waals surface area contributed by atoms with Crippen LogP contribution in [0.2, 0.25) is 0 Å². The maximum atomic E-state index is 11.4. The van der Waals surface area contributed by atoms with Crippen molar-refractivity contribution in [1.82, 2.24) is 24.8 Å². The van der Waals surface area contributed by atoms with Crippen LogP contribution in [0.3, 0.4) is 0 Å². The summed E-state index contributed by atoms with van der Waals surface area (Å²) in [4.78, 5) is 19.4. The quantitative estimate of drug-likeness (QED) is 0.156. The molecule has 3 rings (SSSR count). The van der Waals surface area contributed by atoms with Crippen molar-refractivity contribution in [3.63, 3.8) is 0 Å². The van der Waals surface area contributed by atoms with Crippen LogP contribution in [-0.2, 0) is 0 Å². The van der Waals surface area contributed by atoms with E-state index in [0.29, 0.717) is 17.1 Å². The molecule has 1 N–H and O–H groups in total. The predicted molar refractivity (Wildman–Crippen MR) is 103 cm³/mol. The molecule has 0 amide bonds. The first-order valence-electron chi connectivity index (χ1n) is 8.34. The summed E-state index contributed by atoms with van der Waals surface area (Å²) in [5.74, 6) is 0. The smallest absolute Gasteiger partial charge is 0.418 e. The molecule has 0 fully saturated rings. The van der Waals surface area contributed by atoms with E-state index in [2.05, 4.69) is 10.3 Å². The Bertz CT molecular complexity index is 1030. The summed E-state index contributed by atoms with van der Waals surface area (Å²) < 4.78 is 42.0. The van der Waals surface area contributed by atoms with Gasteiger partial charge >= 0.3 is 13.3 Å². The molecular weight excluding hydrogens is 411 g/mol. The van der Waals surface area contributed by atoms with Crippen LogP contribution in [0.25, 0.3) is 11.0 Å². The average molecular weight is 432 g/mol. The molecule has 0 aliphatic rings. The number of amidine groups is 1. The van der Waals surface area contributed by atoms with Gasteiger partial charge in [-0.15, -0.1) is 9.83 Å². The average Bonchev–Trinajstić information content (AvgIpc) is 3.01. The molecule has 0 aliphatic heterocycles. The van der Waals surface area contributed by atoms with Crippen LogP contribution in [0.1, 0.15) is 0 Å². The van der Waals surface area contributed by atoms with Crippen LogP contribution >= 0.6 is 0 Å². The van der Waals surface area contributed by atoms with Gasteiger partial charge in [0.2, 0.25) is 0 Å². The van der Waals surface area contributed by atoms with Crippen molar-refractivity contribution in [3.05, 3.63) is 59.0 Å². The predicted octanol–water partition coefficient (Wildman–Crippen LogP) is 1.44. The van der Waals surface area contributed by atoms with Crippen molar-refractivity contribution < 1.29 is 31.9 Å². The topological polar surface area (TPSA) is 88.4 Å². The lowest BCUT2D eigenvalue weighted by Gasteiger charge is -2.11. The Labute approximate surface area is 169 Å². The van der Waals surface area contributed by atoms with Crippen LogP contribution in [0, 0.1) is 0 Å². The lowest BCUT2D eigenvalue weighted by molar-refractivity contribution is -0.480. The van der Waals surface area contributed by atoms with E-state index >= 15 is 0 Å². The normalized spacial score (nSPS) is 10.3. The van der Waals surface area contributed by atoms with Crippen molar-refractivity contribution >= 4 is 24.3 Å². The fourth-order valence-electron chi connectivity index (χ4n) is 2.00. The third kappa shape index (κ3) is 8.62. The number of pyridine rings is 1. The number of nitrogens with zero attached hydrogens (tertiary/aromatic N) is 6. The highest BCUT2D eigenvalue weighted by Crippen LogP contribution is 2.07. The zero-order valence-corrected chi connectivity index (χ0v) is 16.7. The van der Waals surface area contributed by atoms with Crippen LogP contribution in [0.4, 0.5) is 17.3 Å². The fourth-order valence-corrected chi connectivity index (χ4v) is 2.00. The number of halogens is 4. The van der Waals surface area contributed by atoms with Gasteiger partial charge in [0.05, 0.1) is 28.2 Å². The number of hydrogen-bond donors (Lipinski definition) is 1. The number of hydrogen-bond acceptors (Lipinski definition) is 5. The van der Waals surface area contributed by atoms with Crippen LogP contribution < -0.4 is 10.4 Å². The zero-order valence-electron chi connectivity index (χ0n) is 16.7. The fraction of sp³-hybridized carbons (Fsp3) is 0.250. The Hall–Kier alpha value is -3.58. The second-order valence-electron chi connectivity index (χ2n) is 5.99. The minimum absolute atomic E-state index is 0.196. The molecular formula is C16H21BF4N6O3. The van der Waals surface area contributed by atoms with E-state index in [9.17, 15) is 22.1 Å². The van der Waals surface area contributed by atoms with E-state index in [1.54, 1.807) is 39.9 Å². The molecule has 2 heterocycles. The van der Waals surface area contributed by atoms with E-state index in [4.69, 9.17) is 10.0 Å². The molecule has 30 heavy (non-hydrogen) atoms. The molecule has 0 spiro atoms. The highest BCUT2D eigenvalue weighted by Gasteiger charge is 2.20. The molecule has 9 nitrogen and oxygen atoms in total. The number of benzene rings is 1. The summed E-state index contributed by atoms with van der Waals surface area (Å²) in [5, 5.41) is 16.1. The SMILES string of the molecule is CN(C)C(On1ccccc1=O)=[N+](C)C.F[B-](F)(F)F.On1nnc2ccccc21. The second kappa shape index (κ2) is 10.8. The van der Waals surface area contributed by atoms with Gasteiger partial charge in [0, 0.05) is 12.3 Å². The maximum absolute atomic E-state index is 11.4. The maximum Gasteiger partial charge on any atom is 0.673 e. The van der Waals surface area contributed by atoms with Crippen LogP contribution in [0.15, 0.2) is 53.5 Å². The number of para-hydroxylation sites is 1. The molecule has 1 aromatic carbocycles. The molecule has 0 radical (unpaired) electrons. The van der Waals surface area contributed by atoms with Gasteiger partial charge in [0.1, 0.15) is 11.0 Å². The van der Waals surface area contributed by atoms with Crippen molar-refractivity contribution in [2.24, 2.45) is 0 Å². The largest absolute Gasteiger partial charge is 0.673 e. The van der Waals surface area contributed by atoms with Gasteiger partial charge in [-0.05, 0) is 23.4 Å². The van der Waals surface area contributed by atoms with Crippen molar-refractivity contribution in [2.45, 2.75) is 0 Å². The molecule has 0 saturated heterocycles. The van der Waals surface area contributed by atoms with E-state index in [1.807, 2.05) is 40.3 Å². The summed E-state index contributed by atoms with van der Waals surface area (Å²) in [5.41, 5.74) is 1.13. The number of rotatable bonds is 1. The van der Waals surface area contributed by atoms with Gasteiger partial charge in [-0.3, -0.25) is 9.63 Å². The summed E-state index contributed by atoms with van der Waals surface area (Å²) in [6.45, 7) is 0. The second-order valence-corrected chi connectivity index (χ2v) is 5.99. The highest BCUT2D eigenvalue weighted by molar-refractivity contribution is 6.50. The summed E-state index contributed by atoms with van der Waals surface area (Å²) in [7, 11) is 1.40. The molecule has 14 heteroatoms. The Morgan fingerprint density at radius 3 is 2.17 bits per heavy atom. The van der Waals surface area contributed by atoms with Gasteiger partial charge in [-0.1, -0.05) is 23.0 Å². The molecule has 2 aromatic heterocycles. The van der Waals surface area contributed by atoms with E-state index in [-0.39, 0.29) is 5.56 Å². The summed E-state index contributed by atoms with van der Waals surface area (Å²) in [6.07, 6.45) is 1.58. The van der Waals surface area contributed by atoms with E-state index < -0.39 is 7.25 Å². The third-order valence-electron chi connectivity index (χ3n) is 3.07. The molecule has 0 atom stereocenters.